The molecule has 0 aromatic carbocycles. The number of hydrogen-bond donors (Lipinski definition) is 4. The van der Waals surface area contributed by atoms with Gasteiger partial charge in [-0.05, 0) is 31.8 Å². The maximum atomic E-state index is 11.4. The minimum absolute atomic E-state index is 0.0452. The van der Waals surface area contributed by atoms with Crippen LogP contribution >= 0.6 is 0 Å². The van der Waals surface area contributed by atoms with E-state index in [4.69, 9.17) is 10.2 Å². The molecule has 2 unspecified atom stereocenters. The molecule has 1 heterocycles. The quantitative estimate of drug-likeness (QED) is 0.467. The molecule has 0 spiro atoms. The molecule has 0 aromatic heterocycles. The summed E-state index contributed by atoms with van der Waals surface area (Å²) >= 11 is 0. The highest BCUT2D eigenvalue weighted by molar-refractivity contribution is 5.76. The van der Waals surface area contributed by atoms with Gasteiger partial charge >= 0.3 is 0 Å². The van der Waals surface area contributed by atoms with E-state index < -0.39 is 6.10 Å². The van der Waals surface area contributed by atoms with Crippen LogP contribution in [0.5, 0.6) is 0 Å². The molecule has 0 radical (unpaired) electrons. The monoisotopic (exact) mass is 216 g/mol. The number of rotatable bonds is 5. The van der Waals surface area contributed by atoms with Crippen molar-refractivity contribution in [2.24, 2.45) is 5.92 Å². The summed E-state index contributed by atoms with van der Waals surface area (Å²) in [7, 11) is 0. The molecular weight excluding hydrogens is 196 g/mol. The summed E-state index contributed by atoms with van der Waals surface area (Å²) < 4.78 is 0. The van der Waals surface area contributed by atoms with Crippen LogP contribution in [0, 0.1) is 5.92 Å². The fourth-order valence-electron chi connectivity index (χ4n) is 1.73. The second kappa shape index (κ2) is 6.76. The van der Waals surface area contributed by atoms with Gasteiger partial charge in [-0.3, -0.25) is 4.79 Å². The molecular formula is C10H20N2O3. The molecule has 1 saturated heterocycles. The lowest BCUT2D eigenvalue weighted by Crippen LogP contribution is -2.37. The van der Waals surface area contributed by atoms with Crippen LogP contribution in [-0.2, 0) is 4.79 Å². The Morgan fingerprint density at radius 1 is 1.60 bits per heavy atom. The van der Waals surface area contributed by atoms with Gasteiger partial charge < -0.3 is 20.8 Å². The Labute approximate surface area is 89.9 Å². The summed E-state index contributed by atoms with van der Waals surface area (Å²) in [6, 6.07) is 0. The normalized spacial score (nSPS) is 23.5. The maximum Gasteiger partial charge on any atom is 0.220 e. The number of aliphatic hydroxyl groups excluding tert-OH is 2. The van der Waals surface area contributed by atoms with Crippen LogP contribution in [0.3, 0.4) is 0 Å². The first-order valence-electron chi connectivity index (χ1n) is 5.48. The maximum absolute atomic E-state index is 11.4. The van der Waals surface area contributed by atoms with E-state index in [2.05, 4.69) is 10.6 Å². The van der Waals surface area contributed by atoms with Gasteiger partial charge in [-0.25, -0.2) is 0 Å². The van der Waals surface area contributed by atoms with Crippen molar-refractivity contribution in [1.82, 2.24) is 10.6 Å². The van der Waals surface area contributed by atoms with E-state index in [1.54, 1.807) is 0 Å². The van der Waals surface area contributed by atoms with Crippen LogP contribution in [-0.4, -0.2) is 48.5 Å². The lowest BCUT2D eigenvalue weighted by atomic mass is 9.96. The zero-order valence-corrected chi connectivity index (χ0v) is 8.91. The van der Waals surface area contributed by atoms with Crippen molar-refractivity contribution in [3.8, 4) is 0 Å². The number of carbonyl (C=O) groups is 1. The summed E-state index contributed by atoms with van der Waals surface area (Å²) in [6.07, 6.45) is 1.86. The van der Waals surface area contributed by atoms with Gasteiger partial charge in [-0.2, -0.15) is 0 Å². The van der Waals surface area contributed by atoms with Gasteiger partial charge in [0.15, 0.2) is 0 Å². The standard InChI is InChI=1S/C10H20N2O3/c13-7-9(14)6-12-10(15)4-8-2-1-3-11-5-8/h8-9,11,13-14H,1-7H2,(H,12,15). The van der Waals surface area contributed by atoms with Crippen LogP contribution < -0.4 is 10.6 Å². The summed E-state index contributed by atoms with van der Waals surface area (Å²) in [6.45, 7) is 1.76. The minimum Gasteiger partial charge on any atom is -0.394 e. The van der Waals surface area contributed by atoms with Crippen molar-refractivity contribution in [2.45, 2.75) is 25.4 Å². The van der Waals surface area contributed by atoms with E-state index in [1.165, 1.54) is 0 Å². The topological polar surface area (TPSA) is 81.6 Å². The van der Waals surface area contributed by atoms with Crippen LogP contribution in [0.1, 0.15) is 19.3 Å². The highest BCUT2D eigenvalue weighted by Crippen LogP contribution is 2.13. The molecule has 0 saturated carbocycles. The third-order valence-corrected chi connectivity index (χ3v) is 2.62. The molecule has 5 nitrogen and oxygen atoms in total. The summed E-state index contributed by atoms with van der Waals surface area (Å²) in [5.41, 5.74) is 0. The van der Waals surface area contributed by atoms with E-state index in [1.807, 2.05) is 0 Å². The Bertz CT molecular complexity index is 193. The van der Waals surface area contributed by atoms with Gasteiger partial charge in [0, 0.05) is 13.0 Å². The van der Waals surface area contributed by atoms with Crippen molar-refractivity contribution in [3.05, 3.63) is 0 Å². The Balaban J connectivity index is 2.11. The molecule has 1 amide bonds. The Hall–Kier alpha value is -0.650. The van der Waals surface area contributed by atoms with Gasteiger partial charge in [-0.15, -0.1) is 0 Å². The molecule has 88 valence electrons. The van der Waals surface area contributed by atoms with Gasteiger partial charge in [0.05, 0.1) is 12.7 Å². The zero-order valence-electron chi connectivity index (χ0n) is 8.91. The van der Waals surface area contributed by atoms with Crippen molar-refractivity contribution < 1.29 is 15.0 Å². The summed E-state index contributed by atoms with van der Waals surface area (Å²) in [5.74, 6) is 0.362. The Kier molecular flexibility index (Phi) is 5.60. The number of nitrogens with one attached hydrogen (secondary N) is 2. The second-order valence-electron chi connectivity index (χ2n) is 4.06. The highest BCUT2D eigenvalue weighted by atomic mass is 16.3. The fourth-order valence-corrected chi connectivity index (χ4v) is 1.73. The van der Waals surface area contributed by atoms with E-state index in [0.717, 1.165) is 25.9 Å². The van der Waals surface area contributed by atoms with E-state index in [0.29, 0.717) is 12.3 Å². The molecule has 2 atom stereocenters. The third kappa shape index (κ3) is 5.11. The molecule has 0 aliphatic carbocycles. The minimum atomic E-state index is -0.849. The number of carbonyl (C=O) groups excluding carboxylic acids is 1. The van der Waals surface area contributed by atoms with E-state index >= 15 is 0 Å². The predicted octanol–water partition coefficient (Wildman–Crippen LogP) is -1.15. The first kappa shape index (κ1) is 12.4. The van der Waals surface area contributed by atoms with Crippen molar-refractivity contribution >= 4 is 5.91 Å². The number of hydrogen-bond acceptors (Lipinski definition) is 4. The van der Waals surface area contributed by atoms with Crippen molar-refractivity contribution in [3.63, 3.8) is 0 Å². The van der Waals surface area contributed by atoms with Crippen LogP contribution in [0.4, 0.5) is 0 Å². The average Bonchev–Trinajstić information content (AvgIpc) is 2.27. The van der Waals surface area contributed by atoms with Crippen molar-refractivity contribution in [2.75, 3.05) is 26.2 Å². The molecule has 4 N–H and O–H groups in total. The van der Waals surface area contributed by atoms with E-state index in [9.17, 15) is 4.79 Å². The number of amides is 1. The lowest BCUT2D eigenvalue weighted by molar-refractivity contribution is -0.122. The fraction of sp³-hybridized carbons (Fsp3) is 0.900. The summed E-state index contributed by atoms with van der Waals surface area (Å²) in [5, 5.41) is 23.4. The first-order chi connectivity index (χ1) is 7.22. The predicted molar refractivity (Wildman–Crippen MR) is 56.3 cm³/mol. The lowest BCUT2D eigenvalue weighted by Gasteiger charge is -2.22. The molecule has 1 aliphatic heterocycles. The average molecular weight is 216 g/mol. The highest BCUT2D eigenvalue weighted by Gasteiger charge is 2.16. The molecule has 15 heavy (non-hydrogen) atoms. The molecule has 1 rings (SSSR count). The Morgan fingerprint density at radius 2 is 2.40 bits per heavy atom. The van der Waals surface area contributed by atoms with Gasteiger partial charge in [0.1, 0.15) is 0 Å². The Morgan fingerprint density at radius 3 is 3.00 bits per heavy atom. The van der Waals surface area contributed by atoms with Crippen LogP contribution in [0.15, 0.2) is 0 Å². The first-order valence-corrected chi connectivity index (χ1v) is 5.48. The smallest absolute Gasteiger partial charge is 0.220 e. The molecule has 0 aromatic rings. The van der Waals surface area contributed by atoms with Crippen LogP contribution in [0.2, 0.25) is 0 Å². The second-order valence-corrected chi connectivity index (χ2v) is 4.06. The summed E-state index contributed by atoms with van der Waals surface area (Å²) in [4.78, 5) is 11.4. The van der Waals surface area contributed by atoms with Gasteiger partial charge in [0.2, 0.25) is 5.91 Å². The number of piperidine rings is 1. The van der Waals surface area contributed by atoms with Crippen LogP contribution in [0.25, 0.3) is 0 Å². The third-order valence-electron chi connectivity index (χ3n) is 2.62. The van der Waals surface area contributed by atoms with Crippen molar-refractivity contribution in [1.29, 1.82) is 0 Å². The van der Waals surface area contributed by atoms with Gasteiger partial charge in [-0.1, -0.05) is 0 Å². The largest absolute Gasteiger partial charge is 0.394 e. The SMILES string of the molecule is O=C(CC1CCCNC1)NCC(O)CO. The van der Waals surface area contributed by atoms with E-state index in [-0.39, 0.29) is 19.1 Å². The zero-order chi connectivity index (χ0) is 11.1. The molecule has 1 fully saturated rings. The van der Waals surface area contributed by atoms with Gasteiger partial charge in [0.25, 0.3) is 0 Å². The number of aliphatic hydroxyl groups is 2. The molecule has 0 bridgehead atoms. The molecule has 1 aliphatic rings. The molecule has 5 heteroatoms.